The number of carbonyl (C=O) groups excluding carboxylic acids is 4. The normalized spacial score (nSPS) is 14.9. The molecule has 0 aromatic rings. The van der Waals surface area contributed by atoms with Crippen LogP contribution in [-0.4, -0.2) is 96.7 Å². The second-order valence-electron chi connectivity index (χ2n) is 25.8. The fourth-order valence-electron chi connectivity index (χ4n) is 9.80. The molecule has 17 nitrogen and oxygen atoms in total. The van der Waals surface area contributed by atoms with Crippen molar-refractivity contribution in [3.8, 4) is 0 Å². The summed E-state index contributed by atoms with van der Waals surface area (Å²) in [5, 5.41) is 10.6. The molecule has 0 fully saturated rings. The Morgan fingerprint density at radius 3 is 0.796 bits per heavy atom. The molecule has 0 aliphatic heterocycles. The lowest BCUT2D eigenvalue weighted by atomic mass is 10.1. The highest BCUT2D eigenvalue weighted by Gasteiger charge is 2.30. The van der Waals surface area contributed by atoms with E-state index < -0.39 is 97.5 Å². The van der Waals surface area contributed by atoms with Gasteiger partial charge in [-0.25, -0.2) is 9.13 Å². The Morgan fingerprint density at radius 2 is 0.491 bits per heavy atom. The van der Waals surface area contributed by atoms with Gasteiger partial charge in [-0.3, -0.25) is 37.3 Å². The molecule has 0 spiro atoms. The molecule has 0 saturated carbocycles. The Kier molecular flexibility index (Phi) is 74.1. The van der Waals surface area contributed by atoms with Crippen molar-refractivity contribution in [1.29, 1.82) is 0 Å². The molecule has 608 valence electrons. The fourth-order valence-corrected chi connectivity index (χ4v) is 11.4. The summed E-state index contributed by atoms with van der Waals surface area (Å²) in [7, 11) is -10.0. The molecule has 0 aliphatic rings. The van der Waals surface area contributed by atoms with Crippen molar-refractivity contribution >= 4 is 39.5 Å². The lowest BCUT2D eigenvalue weighted by Crippen LogP contribution is -2.30. The molecule has 0 aromatic carbocycles. The molecule has 108 heavy (non-hydrogen) atoms. The van der Waals surface area contributed by atoms with E-state index in [0.29, 0.717) is 32.1 Å². The maximum absolute atomic E-state index is 13.1. The van der Waals surface area contributed by atoms with Gasteiger partial charge in [0.05, 0.1) is 32.8 Å². The van der Waals surface area contributed by atoms with Gasteiger partial charge in [0.25, 0.3) is 0 Å². The van der Waals surface area contributed by atoms with Gasteiger partial charge in [-0.05, 0) is 167 Å². The van der Waals surface area contributed by atoms with Crippen LogP contribution in [0.15, 0.2) is 207 Å². The molecule has 5 unspecified atom stereocenters. The number of aliphatic hydroxyl groups is 1. The number of allylic oxidation sites excluding steroid dienone is 33. The lowest BCUT2D eigenvalue weighted by Gasteiger charge is -2.21. The molecule has 0 saturated heterocycles. The Balaban J connectivity index is 5.50. The summed E-state index contributed by atoms with van der Waals surface area (Å²) in [6, 6.07) is 0. The third kappa shape index (κ3) is 77.8. The van der Waals surface area contributed by atoms with Crippen LogP contribution in [0.2, 0.25) is 0 Å². The number of phosphoric ester groups is 2. The number of hydrogen-bond acceptors (Lipinski definition) is 15. The van der Waals surface area contributed by atoms with Crippen LogP contribution in [0.3, 0.4) is 0 Å². The minimum Gasteiger partial charge on any atom is -0.462 e. The van der Waals surface area contributed by atoms with Crippen LogP contribution in [0.1, 0.15) is 272 Å². The molecule has 5 atom stereocenters. The molecule has 0 aromatic heterocycles. The zero-order valence-corrected chi connectivity index (χ0v) is 68.2. The predicted octanol–water partition coefficient (Wildman–Crippen LogP) is 23.9. The van der Waals surface area contributed by atoms with Crippen LogP contribution in [0.25, 0.3) is 0 Å². The van der Waals surface area contributed by atoms with Gasteiger partial charge in [0.2, 0.25) is 0 Å². The van der Waals surface area contributed by atoms with E-state index in [2.05, 4.69) is 210 Å². The van der Waals surface area contributed by atoms with E-state index in [-0.39, 0.29) is 25.7 Å². The van der Waals surface area contributed by atoms with Gasteiger partial charge in [-0.15, -0.1) is 0 Å². The number of aliphatic hydroxyl groups excluding tert-OH is 1. The quantitative estimate of drug-likeness (QED) is 0.0169. The first-order chi connectivity index (χ1) is 52.7. The molecule has 0 rings (SSSR count). The van der Waals surface area contributed by atoms with Gasteiger partial charge in [0.15, 0.2) is 12.2 Å². The fraction of sp³-hybridized carbons (Fsp3) is 0.573. The Morgan fingerprint density at radius 1 is 0.269 bits per heavy atom. The molecule has 0 radical (unpaired) electrons. The van der Waals surface area contributed by atoms with Gasteiger partial charge in [0, 0.05) is 19.3 Å². The zero-order chi connectivity index (χ0) is 78.9. The lowest BCUT2D eigenvalue weighted by molar-refractivity contribution is -0.161. The van der Waals surface area contributed by atoms with Crippen LogP contribution in [-0.2, 0) is 65.4 Å². The molecule has 0 aliphatic carbocycles. The highest BCUT2D eigenvalue weighted by atomic mass is 31.2. The topological polar surface area (TPSA) is 237 Å². The number of rotatable bonds is 73. The van der Waals surface area contributed by atoms with Gasteiger partial charge in [0.1, 0.15) is 19.3 Å². The van der Waals surface area contributed by atoms with Crippen LogP contribution in [0.5, 0.6) is 0 Å². The molecular weight excluding hydrogens is 1400 g/mol. The highest BCUT2D eigenvalue weighted by Crippen LogP contribution is 2.45. The summed E-state index contributed by atoms with van der Waals surface area (Å²) >= 11 is 0. The maximum Gasteiger partial charge on any atom is 0.472 e. The van der Waals surface area contributed by atoms with Gasteiger partial charge >= 0.3 is 39.5 Å². The largest absolute Gasteiger partial charge is 0.472 e. The Bertz CT molecular complexity index is 2860. The van der Waals surface area contributed by atoms with E-state index in [4.69, 9.17) is 37.0 Å². The van der Waals surface area contributed by atoms with Crippen molar-refractivity contribution in [2.45, 2.75) is 290 Å². The van der Waals surface area contributed by atoms with Crippen LogP contribution >= 0.6 is 15.6 Å². The average Bonchev–Trinajstić information content (AvgIpc) is 0.907. The van der Waals surface area contributed by atoms with Gasteiger partial charge in [-0.1, -0.05) is 286 Å². The summed E-state index contributed by atoms with van der Waals surface area (Å²) in [4.78, 5) is 73.0. The standard InChI is InChI=1S/C89H140O17P2/c1-5-9-13-17-21-25-29-33-37-39-41-43-47-49-53-57-61-65-69-73-86(91)99-79-84(105-88(93)75-71-67-63-59-55-51-45-35-31-27-23-19-15-11-7-3)81-103-107(95,96)101-77-83(90)78-102-108(97,98)104-82-85(106-89(94)76-72-68-64-60-56-52-46-36-32-28-24-20-16-12-8-4)80-100-87(92)74-70-66-62-58-54-50-48-44-42-40-38-34-30-26-22-18-14-10-6-2/h9-16,21-28,33-38,41-46,55-56,59-60,67,71,83-85,90H,5-8,17-20,29-32,39-40,47-54,57-58,61-66,68-70,72-82H2,1-4H3,(H,95,96)(H,97,98)/b13-9-,14-10-,15-11-,16-12-,25-21-,26-22-,27-23-,28-24-,37-33-,38-34-,43-41-,44-42-,45-35-,46-36-,59-55-,60-56-,71-67-. The minimum absolute atomic E-state index is 0.0280. The first-order valence-electron chi connectivity index (χ1n) is 40.3. The van der Waals surface area contributed by atoms with Crippen molar-refractivity contribution in [2.24, 2.45) is 0 Å². The van der Waals surface area contributed by atoms with Crippen LogP contribution in [0.4, 0.5) is 0 Å². The summed E-state index contributed by atoms with van der Waals surface area (Å²) in [5.74, 6) is -2.43. The molecular formula is C89H140O17P2. The zero-order valence-electron chi connectivity index (χ0n) is 66.4. The monoisotopic (exact) mass is 1540 g/mol. The van der Waals surface area contributed by atoms with E-state index >= 15 is 0 Å². The van der Waals surface area contributed by atoms with Crippen molar-refractivity contribution in [3.63, 3.8) is 0 Å². The summed E-state index contributed by atoms with van der Waals surface area (Å²) in [6.07, 6.45) is 98.4. The van der Waals surface area contributed by atoms with E-state index in [1.807, 2.05) is 12.2 Å². The van der Waals surface area contributed by atoms with Crippen molar-refractivity contribution < 1.29 is 80.2 Å². The summed E-state index contributed by atoms with van der Waals surface area (Å²) in [5.41, 5.74) is 0. The van der Waals surface area contributed by atoms with Crippen molar-refractivity contribution in [1.82, 2.24) is 0 Å². The third-order valence-electron chi connectivity index (χ3n) is 15.8. The second kappa shape index (κ2) is 78.8. The Hall–Kier alpha value is -6.36. The number of ether oxygens (including phenoxy) is 4. The molecule has 0 bridgehead atoms. The predicted molar refractivity (Wildman–Crippen MR) is 445 cm³/mol. The van der Waals surface area contributed by atoms with Gasteiger partial charge < -0.3 is 33.8 Å². The number of esters is 4. The smallest absolute Gasteiger partial charge is 0.462 e. The number of carbonyl (C=O) groups is 4. The van der Waals surface area contributed by atoms with E-state index in [1.54, 1.807) is 12.2 Å². The SMILES string of the molecule is CC/C=C\C/C=C\C/C=C\C/C=C\C/C=C\CC(=O)OC(COC(=O)CCCCCCCC/C=C\C/C=C\C/C=C\C/C=C\CC)COP(=O)(O)OCC(O)COP(=O)(O)OCC(COC(=O)CCCCCCCC/C=C\C/C=C\C/C=C\C/C=C\CC)OC(=O)CCCC/C=C\C/C=C\C/C=C\C/C=C\CC. The first-order valence-corrected chi connectivity index (χ1v) is 43.3. The van der Waals surface area contributed by atoms with E-state index in [0.717, 1.165) is 186 Å². The van der Waals surface area contributed by atoms with E-state index in [9.17, 15) is 43.2 Å². The van der Waals surface area contributed by atoms with Crippen molar-refractivity contribution in [3.05, 3.63) is 207 Å². The molecule has 3 N–H and O–H groups in total. The second-order valence-corrected chi connectivity index (χ2v) is 28.8. The Labute approximate surface area is 652 Å². The van der Waals surface area contributed by atoms with Crippen LogP contribution in [0, 0.1) is 0 Å². The average molecular weight is 1540 g/mol. The molecule has 19 heteroatoms. The van der Waals surface area contributed by atoms with Crippen molar-refractivity contribution in [2.75, 3.05) is 39.6 Å². The summed E-state index contributed by atoms with van der Waals surface area (Å²) < 4.78 is 68.5. The van der Waals surface area contributed by atoms with Crippen LogP contribution < -0.4 is 0 Å². The molecule has 0 heterocycles. The minimum atomic E-state index is -5.02. The van der Waals surface area contributed by atoms with E-state index in [1.165, 1.54) is 0 Å². The summed E-state index contributed by atoms with van der Waals surface area (Å²) in [6.45, 7) is 4.19. The number of phosphoric acid groups is 2. The first kappa shape index (κ1) is 102. The molecule has 0 amide bonds. The highest BCUT2D eigenvalue weighted by molar-refractivity contribution is 7.47. The third-order valence-corrected chi connectivity index (χ3v) is 17.7. The van der Waals surface area contributed by atoms with Gasteiger partial charge in [-0.2, -0.15) is 0 Å². The maximum atomic E-state index is 13.1. The number of unbranched alkanes of at least 4 members (excludes halogenated alkanes) is 14. The number of hydrogen-bond donors (Lipinski definition) is 3.